The van der Waals surface area contributed by atoms with Gasteiger partial charge in [-0.1, -0.05) is 18.2 Å². The summed E-state index contributed by atoms with van der Waals surface area (Å²) in [6.45, 7) is 5.81. The lowest BCUT2D eigenvalue weighted by Gasteiger charge is -2.10. The highest BCUT2D eigenvalue weighted by molar-refractivity contribution is 5.89. The van der Waals surface area contributed by atoms with Gasteiger partial charge in [-0.05, 0) is 32.9 Å². The number of carbonyl (C=O) groups excluding carboxylic acids is 1. The Kier molecular flexibility index (Phi) is 4.58. The maximum absolute atomic E-state index is 11.5. The van der Waals surface area contributed by atoms with E-state index < -0.39 is 0 Å². The van der Waals surface area contributed by atoms with Crippen LogP contribution in [0, 0.1) is 0 Å². The third kappa shape index (κ3) is 3.42. The number of para-hydroxylation sites is 1. The standard InChI is InChI=1S/C13H17NO2/c1-4-16-13(15)10(2)11(3)14-12-8-6-5-7-9-12/h5-9,14H,4H2,1-3H3/b11-10+. The van der Waals surface area contributed by atoms with E-state index in [1.54, 1.807) is 13.8 Å². The molecule has 1 aromatic carbocycles. The van der Waals surface area contributed by atoms with Crippen molar-refractivity contribution in [3.63, 3.8) is 0 Å². The smallest absolute Gasteiger partial charge is 0.335 e. The van der Waals surface area contributed by atoms with Crippen molar-refractivity contribution < 1.29 is 9.53 Å². The van der Waals surface area contributed by atoms with Crippen LogP contribution in [0.3, 0.4) is 0 Å². The molecule has 3 heteroatoms. The minimum atomic E-state index is -0.275. The predicted molar refractivity (Wildman–Crippen MR) is 65.1 cm³/mol. The molecule has 0 atom stereocenters. The summed E-state index contributed by atoms with van der Waals surface area (Å²) in [6, 6.07) is 9.72. The van der Waals surface area contributed by atoms with E-state index in [-0.39, 0.29) is 5.97 Å². The van der Waals surface area contributed by atoms with Gasteiger partial charge in [0.25, 0.3) is 0 Å². The van der Waals surface area contributed by atoms with Crippen molar-refractivity contribution in [3.05, 3.63) is 41.6 Å². The number of allylic oxidation sites excluding steroid dienone is 1. The third-order valence-corrected chi connectivity index (χ3v) is 2.25. The van der Waals surface area contributed by atoms with Crippen molar-refractivity contribution in [2.75, 3.05) is 11.9 Å². The number of rotatable bonds is 4. The van der Waals surface area contributed by atoms with Crippen LogP contribution < -0.4 is 5.32 Å². The number of nitrogens with one attached hydrogen (secondary N) is 1. The van der Waals surface area contributed by atoms with E-state index in [9.17, 15) is 4.79 Å². The Morgan fingerprint density at radius 3 is 2.44 bits per heavy atom. The first-order valence-corrected chi connectivity index (χ1v) is 5.31. The van der Waals surface area contributed by atoms with Gasteiger partial charge in [0.15, 0.2) is 0 Å². The lowest BCUT2D eigenvalue weighted by molar-refractivity contribution is -0.138. The summed E-state index contributed by atoms with van der Waals surface area (Å²) in [5.74, 6) is -0.275. The normalized spacial score (nSPS) is 11.7. The van der Waals surface area contributed by atoms with Crippen LogP contribution in [0.15, 0.2) is 41.6 Å². The van der Waals surface area contributed by atoms with Gasteiger partial charge in [0.1, 0.15) is 0 Å². The molecule has 0 bridgehead atoms. The number of carbonyl (C=O) groups is 1. The molecule has 0 radical (unpaired) electrons. The van der Waals surface area contributed by atoms with Crippen molar-refractivity contribution >= 4 is 11.7 Å². The molecular weight excluding hydrogens is 202 g/mol. The number of hydrogen-bond donors (Lipinski definition) is 1. The topological polar surface area (TPSA) is 38.3 Å². The summed E-state index contributed by atoms with van der Waals surface area (Å²) >= 11 is 0. The fourth-order valence-electron chi connectivity index (χ4n) is 1.22. The van der Waals surface area contributed by atoms with Gasteiger partial charge < -0.3 is 10.1 Å². The van der Waals surface area contributed by atoms with Gasteiger partial charge in [-0.25, -0.2) is 4.79 Å². The number of anilines is 1. The third-order valence-electron chi connectivity index (χ3n) is 2.25. The zero-order chi connectivity index (χ0) is 12.0. The van der Waals surface area contributed by atoms with Crippen LogP contribution in [-0.4, -0.2) is 12.6 Å². The average molecular weight is 219 g/mol. The van der Waals surface area contributed by atoms with Crippen LogP contribution in [-0.2, 0) is 9.53 Å². The molecule has 0 aromatic heterocycles. The van der Waals surface area contributed by atoms with E-state index >= 15 is 0 Å². The number of hydrogen-bond acceptors (Lipinski definition) is 3. The molecule has 0 aliphatic heterocycles. The molecule has 16 heavy (non-hydrogen) atoms. The van der Waals surface area contributed by atoms with Gasteiger partial charge in [0, 0.05) is 11.4 Å². The predicted octanol–water partition coefficient (Wildman–Crippen LogP) is 2.96. The summed E-state index contributed by atoms with van der Waals surface area (Å²) in [5, 5.41) is 3.16. The molecular formula is C13H17NO2. The second-order valence-electron chi connectivity index (χ2n) is 3.46. The van der Waals surface area contributed by atoms with Crippen LogP contribution in [0.5, 0.6) is 0 Å². The first-order chi connectivity index (χ1) is 7.65. The second kappa shape index (κ2) is 5.95. The van der Waals surface area contributed by atoms with Crippen LogP contribution in [0.1, 0.15) is 20.8 Å². The van der Waals surface area contributed by atoms with Crippen molar-refractivity contribution in [2.24, 2.45) is 0 Å². The van der Waals surface area contributed by atoms with E-state index in [1.165, 1.54) is 0 Å². The van der Waals surface area contributed by atoms with Crippen molar-refractivity contribution in [1.82, 2.24) is 0 Å². The lowest BCUT2D eigenvalue weighted by Crippen LogP contribution is -2.10. The maximum Gasteiger partial charge on any atom is 0.335 e. The Bertz CT molecular complexity index is 382. The Balaban J connectivity index is 2.73. The molecule has 3 nitrogen and oxygen atoms in total. The Morgan fingerprint density at radius 1 is 1.25 bits per heavy atom. The van der Waals surface area contributed by atoms with Gasteiger partial charge in [0.2, 0.25) is 0 Å². The second-order valence-corrected chi connectivity index (χ2v) is 3.46. The van der Waals surface area contributed by atoms with Crippen molar-refractivity contribution in [2.45, 2.75) is 20.8 Å². The van der Waals surface area contributed by atoms with Gasteiger partial charge in [-0.15, -0.1) is 0 Å². The quantitative estimate of drug-likeness (QED) is 0.625. The number of esters is 1. The highest BCUT2D eigenvalue weighted by Gasteiger charge is 2.08. The molecule has 0 aliphatic carbocycles. The van der Waals surface area contributed by atoms with Crippen molar-refractivity contribution in [3.8, 4) is 0 Å². The Labute approximate surface area is 96.1 Å². The molecule has 1 aromatic rings. The highest BCUT2D eigenvalue weighted by Crippen LogP contribution is 2.12. The molecule has 1 rings (SSSR count). The first kappa shape index (κ1) is 12.3. The first-order valence-electron chi connectivity index (χ1n) is 5.31. The van der Waals surface area contributed by atoms with Crippen molar-refractivity contribution in [1.29, 1.82) is 0 Å². The lowest BCUT2D eigenvalue weighted by atomic mass is 10.2. The molecule has 0 spiro atoms. The minimum Gasteiger partial charge on any atom is -0.463 e. The molecule has 0 aliphatic rings. The molecule has 0 fully saturated rings. The van der Waals surface area contributed by atoms with Crippen LogP contribution in [0.4, 0.5) is 5.69 Å². The van der Waals surface area contributed by atoms with E-state index in [2.05, 4.69) is 5.32 Å². The van der Waals surface area contributed by atoms with E-state index in [0.29, 0.717) is 12.2 Å². The molecule has 0 amide bonds. The van der Waals surface area contributed by atoms with Gasteiger partial charge in [-0.2, -0.15) is 0 Å². The molecule has 0 unspecified atom stereocenters. The molecule has 0 heterocycles. The zero-order valence-electron chi connectivity index (χ0n) is 9.91. The Hall–Kier alpha value is -1.77. The summed E-state index contributed by atoms with van der Waals surface area (Å²) in [5.41, 5.74) is 2.37. The van der Waals surface area contributed by atoms with Crippen LogP contribution >= 0.6 is 0 Å². The molecule has 0 saturated carbocycles. The summed E-state index contributed by atoms with van der Waals surface area (Å²) in [6.07, 6.45) is 0. The largest absolute Gasteiger partial charge is 0.463 e. The summed E-state index contributed by atoms with van der Waals surface area (Å²) in [7, 11) is 0. The zero-order valence-corrected chi connectivity index (χ0v) is 9.91. The molecule has 0 saturated heterocycles. The number of benzene rings is 1. The molecule has 1 N–H and O–H groups in total. The van der Waals surface area contributed by atoms with Gasteiger partial charge in [-0.3, -0.25) is 0 Å². The van der Waals surface area contributed by atoms with E-state index in [4.69, 9.17) is 4.74 Å². The summed E-state index contributed by atoms with van der Waals surface area (Å²) in [4.78, 5) is 11.5. The Morgan fingerprint density at radius 2 is 1.88 bits per heavy atom. The minimum absolute atomic E-state index is 0.275. The monoisotopic (exact) mass is 219 g/mol. The van der Waals surface area contributed by atoms with Gasteiger partial charge in [0.05, 0.1) is 12.2 Å². The fraction of sp³-hybridized carbons (Fsp3) is 0.308. The molecule has 86 valence electrons. The van der Waals surface area contributed by atoms with Crippen LogP contribution in [0.2, 0.25) is 0 Å². The van der Waals surface area contributed by atoms with Crippen LogP contribution in [0.25, 0.3) is 0 Å². The van der Waals surface area contributed by atoms with Gasteiger partial charge >= 0.3 is 5.97 Å². The SMILES string of the molecule is CCOC(=O)/C(C)=C(\C)Nc1ccccc1. The fourth-order valence-corrected chi connectivity index (χ4v) is 1.22. The average Bonchev–Trinajstić information content (AvgIpc) is 2.29. The highest BCUT2D eigenvalue weighted by atomic mass is 16.5. The number of ether oxygens (including phenoxy) is 1. The van der Waals surface area contributed by atoms with E-state index in [0.717, 1.165) is 11.4 Å². The summed E-state index contributed by atoms with van der Waals surface area (Å²) < 4.78 is 4.93. The van der Waals surface area contributed by atoms with E-state index in [1.807, 2.05) is 37.3 Å². The maximum atomic E-state index is 11.5.